The lowest BCUT2D eigenvalue weighted by Crippen LogP contribution is -2.35. The van der Waals surface area contributed by atoms with Gasteiger partial charge in [-0.05, 0) is 50.6 Å². The number of amides is 1. The van der Waals surface area contributed by atoms with Crippen molar-refractivity contribution in [2.24, 2.45) is 0 Å². The normalized spacial score (nSPS) is 11.4. The van der Waals surface area contributed by atoms with Crippen LogP contribution in [0.15, 0.2) is 66.9 Å². The molecule has 6 nitrogen and oxygen atoms in total. The second kappa shape index (κ2) is 10.3. The van der Waals surface area contributed by atoms with E-state index >= 15 is 0 Å². The van der Waals surface area contributed by atoms with Gasteiger partial charge in [-0.15, -0.1) is 0 Å². The Morgan fingerprint density at radius 3 is 2.43 bits per heavy atom. The van der Waals surface area contributed by atoms with Crippen LogP contribution in [0.25, 0.3) is 0 Å². The molecular formula is C24H26N2O4. The quantitative estimate of drug-likeness (QED) is 0.559. The topological polar surface area (TPSA) is 69.7 Å². The molecule has 0 saturated carbocycles. The minimum Gasteiger partial charge on any atom is -0.490 e. The number of nitrogens with one attached hydrogen (secondary N) is 1. The second-order valence-electron chi connectivity index (χ2n) is 6.78. The second-order valence-corrected chi connectivity index (χ2v) is 6.78. The zero-order valence-corrected chi connectivity index (χ0v) is 17.4. The fraction of sp³-hybridized carbons (Fsp3) is 0.250. The molecule has 1 N–H and O–H groups in total. The fourth-order valence-corrected chi connectivity index (χ4v) is 2.71. The van der Waals surface area contributed by atoms with Gasteiger partial charge in [-0.3, -0.25) is 4.79 Å². The van der Waals surface area contributed by atoms with E-state index in [4.69, 9.17) is 14.2 Å². The first-order valence-electron chi connectivity index (χ1n) is 9.91. The lowest BCUT2D eigenvalue weighted by molar-refractivity contribution is -0.127. The maximum atomic E-state index is 12.3. The zero-order valence-electron chi connectivity index (χ0n) is 17.4. The summed E-state index contributed by atoms with van der Waals surface area (Å²) in [6.07, 6.45) is 1.07. The lowest BCUT2D eigenvalue weighted by Gasteiger charge is -2.15. The third kappa shape index (κ3) is 5.98. The molecule has 0 aliphatic carbocycles. The molecule has 30 heavy (non-hydrogen) atoms. The van der Waals surface area contributed by atoms with Crippen molar-refractivity contribution in [3.05, 3.63) is 78.0 Å². The van der Waals surface area contributed by atoms with Crippen molar-refractivity contribution < 1.29 is 19.0 Å². The Morgan fingerprint density at radius 1 is 1.03 bits per heavy atom. The monoisotopic (exact) mass is 406 g/mol. The number of ether oxygens (including phenoxy) is 3. The maximum Gasteiger partial charge on any atom is 0.261 e. The van der Waals surface area contributed by atoms with Crippen LogP contribution in [0.2, 0.25) is 0 Å². The summed E-state index contributed by atoms with van der Waals surface area (Å²) >= 11 is 0. The molecular weight excluding hydrogens is 380 g/mol. The van der Waals surface area contributed by atoms with E-state index in [9.17, 15) is 4.79 Å². The molecule has 156 valence electrons. The molecule has 1 atom stereocenters. The zero-order chi connectivity index (χ0) is 21.3. The highest BCUT2D eigenvalue weighted by atomic mass is 16.5. The maximum absolute atomic E-state index is 12.3. The van der Waals surface area contributed by atoms with E-state index in [1.807, 2.05) is 68.4 Å². The highest BCUT2D eigenvalue weighted by Gasteiger charge is 2.14. The van der Waals surface area contributed by atoms with E-state index in [2.05, 4.69) is 10.3 Å². The predicted molar refractivity (Wildman–Crippen MR) is 115 cm³/mol. The summed E-state index contributed by atoms with van der Waals surface area (Å²) < 4.78 is 17.0. The molecule has 3 rings (SSSR count). The number of carbonyl (C=O) groups is 1. The predicted octanol–water partition coefficient (Wildman–Crippen LogP) is 4.66. The van der Waals surface area contributed by atoms with Crippen LogP contribution >= 0.6 is 0 Å². The van der Waals surface area contributed by atoms with Crippen LogP contribution in [-0.4, -0.2) is 23.6 Å². The van der Waals surface area contributed by atoms with Crippen molar-refractivity contribution in [1.82, 2.24) is 10.3 Å². The molecule has 1 unspecified atom stereocenters. The van der Waals surface area contributed by atoms with Gasteiger partial charge in [-0.1, -0.05) is 35.9 Å². The molecule has 1 aromatic heterocycles. The summed E-state index contributed by atoms with van der Waals surface area (Å²) in [6, 6.07) is 18.7. The van der Waals surface area contributed by atoms with Gasteiger partial charge < -0.3 is 19.5 Å². The number of nitrogens with zero attached hydrogens (tertiary/aromatic N) is 1. The van der Waals surface area contributed by atoms with Gasteiger partial charge in [0.25, 0.3) is 5.91 Å². The molecule has 0 saturated heterocycles. The highest BCUT2D eigenvalue weighted by molar-refractivity contribution is 5.80. The van der Waals surface area contributed by atoms with Gasteiger partial charge in [-0.25, -0.2) is 4.98 Å². The minimum atomic E-state index is -0.599. The van der Waals surface area contributed by atoms with Crippen LogP contribution in [-0.2, 0) is 11.3 Å². The SMILES string of the molecule is CCOc1ccccc1Oc1ccc(CNC(=O)C(C)Oc2ccc(C)cc2)cn1. The fourth-order valence-electron chi connectivity index (χ4n) is 2.71. The average molecular weight is 406 g/mol. The molecule has 0 bridgehead atoms. The summed E-state index contributed by atoms with van der Waals surface area (Å²) in [5.41, 5.74) is 2.00. The van der Waals surface area contributed by atoms with Crippen LogP contribution in [0.5, 0.6) is 23.1 Å². The highest BCUT2D eigenvalue weighted by Crippen LogP contribution is 2.30. The van der Waals surface area contributed by atoms with E-state index in [1.54, 1.807) is 19.2 Å². The summed E-state index contributed by atoms with van der Waals surface area (Å²) in [4.78, 5) is 16.6. The Kier molecular flexibility index (Phi) is 7.27. The van der Waals surface area contributed by atoms with E-state index < -0.39 is 6.10 Å². The Morgan fingerprint density at radius 2 is 1.77 bits per heavy atom. The van der Waals surface area contributed by atoms with Gasteiger partial charge in [0, 0.05) is 18.8 Å². The first-order valence-corrected chi connectivity index (χ1v) is 9.91. The number of benzene rings is 2. The Bertz CT molecular complexity index is 956. The number of rotatable bonds is 9. The number of hydrogen-bond donors (Lipinski definition) is 1. The van der Waals surface area contributed by atoms with Crippen molar-refractivity contribution in [2.75, 3.05) is 6.61 Å². The Labute approximate surface area is 176 Å². The largest absolute Gasteiger partial charge is 0.490 e. The molecule has 6 heteroatoms. The van der Waals surface area contributed by atoms with E-state index in [0.29, 0.717) is 36.3 Å². The molecule has 3 aromatic rings. The van der Waals surface area contributed by atoms with Crippen LogP contribution in [0.4, 0.5) is 0 Å². The number of aromatic nitrogens is 1. The third-order valence-electron chi connectivity index (χ3n) is 4.33. The molecule has 2 aromatic carbocycles. The van der Waals surface area contributed by atoms with Gasteiger partial charge in [0.1, 0.15) is 5.75 Å². The number of hydrogen-bond acceptors (Lipinski definition) is 5. The smallest absolute Gasteiger partial charge is 0.261 e. The van der Waals surface area contributed by atoms with Gasteiger partial charge >= 0.3 is 0 Å². The van der Waals surface area contributed by atoms with E-state index in [1.165, 1.54) is 0 Å². The van der Waals surface area contributed by atoms with Crippen LogP contribution in [0, 0.1) is 6.92 Å². The summed E-state index contributed by atoms with van der Waals surface area (Å²) in [5, 5.41) is 2.86. The van der Waals surface area contributed by atoms with Gasteiger partial charge in [0.15, 0.2) is 17.6 Å². The van der Waals surface area contributed by atoms with Gasteiger partial charge in [0.2, 0.25) is 5.88 Å². The first kappa shape index (κ1) is 21.2. The number of para-hydroxylation sites is 2. The molecule has 0 spiro atoms. The lowest BCUT2D eigenvalue weighted by atomic mass is 10.2. The van der Waals surface area contributed by atoms with E-state index in [-0.39, 0.29) is 5.91 Å². The van der Waals surface area contributed by atoms with Crippen molar-refractivity contribution in [2.45, 2.75) is 33.4 Å². The summed E-state index contributed by atoms with van der Waals surface area (Å²) in [7, 11) is 0. The van der Waals surface area contributed by atoms with Crippen LogP contribution in [0.3, 0.4) is 0 Å². The molecule has 0 aliphatic heterocycles. The van der Waals surface area contributed by atoms with Gasteiger partial charge in [-0.2, -0.15) is 0 Å². The summed E-state index contributed by atoms with van der Waals surface area (Å²) in [6.45, 7) is 6.55. The molecule has 0 fully saturated rings. The number of aryl methyl sites for hydroxylation is 1. The van der Waals surface area contributed by atoms with Crippen LogP contribution < -0.4 is 19.5 Å². The van der Waals surface area contributed by atoms with Crippen LogP contribution in [0.1, 0.15) is 25.0 Å². The third-order valence-corrected chi connectivity index (χ3v) is 4.33. The molecule has 1 heterocycles. The molecule has 0 radical (unpaired) electrons. The Balaban J connectivity index is 1.52. The first-order chi connectivity index (χ1) is 14.5. The minimum absolute atomic E-state index is 0.193. The van der Waals surface area contributed by atoms with E-state index in [0.717, 1.165) is 11.1 Å². The van der Waals surface area contributed by atoms with Crippen molar-refractivity contribution in [3.63, 3.8) is 0 Å². The number of pyridine rings is 1. The van der Waals surface area contributed by atoms with Crippen molar-refractivity contribution in [3.8, 4) is 23.1 Å². The standard InChI is InChI=1S/C24H26N2O4/c1-4-28-21-7-5-6-8-22(21)30-23-14-11-19(15-25-23)16-26-24(27)18(3)29-20-12-9-17(2)10-13-20/h5-15,18H,4,16H2,1-3H3,(H,26,27). The van der Waals surface area contributed by atoms with Gasteiger partial charge in [0.05, 0.1) is 6.61 Å². The molecule has 0 aliphatic rings. The average Bonchev–Trinajstić information content (AvgIpc) is 2.76. The van der Waals surface area contributed by atoms with Crippen molar-refractivity contribution >= 4 is 5.91 Å². The Hall–Kier alpha value is -3.54. The van der Waals surface area contributed by atoms with Crippen molar-refractivity contribution in [1.29, 1.82) is 0 Å². The number of carbonyl (C=O) groups excluding carboxylic acids is 1. The molecule has 1 amide bonds. The summed E-state index contributed by atoms with van der Waals surface area (Å²) in [5.74, 6) is 2.20.